The number of aromatic nitrogens is 1. The number of para-hydroxylation sites is 1. The molecule has 0 spiro atoms. The Morgan fingerprint density at radius 1 is 1.12 bits per heavy atom. The molecule has 24 heavy (non-hydrogen) atoms. The fourth-order valence-electron chi connectivity index (χ4n) is 2.92. The number of piperidine rings is 1. The van der Waals surface area contributed by atoms with Crippen LogP contribution < -0.4 is 4.74 Å². The van der Waals surface area contributed by atoms with Crippen LogP contribution in [0.5, 0.6) is 5.75 Å². The Labute approximate surface area is 148 Å². The van der Waals surface area contributed by atoms with Crippen LogP contribution in [0.1, 0.15) is 28.4 Å². The third-order valence-electron chi connectivity index (χ3n) is 4.42. The summed E-state index contributed by atoms with van der Waals surface area (Å²) in [6.45, 7) is 8.65. The van der Waals surface area contributed by atoms with Gasteiger partial charge in [-0.25, -0.2) is 4.98 Å². The van der Waals surface area contributed by atoms with Gasteiger partial charge < -0.3 is 9.47 Å². The summed E-state index contributed by atoms with van der Waals surface area (Å²) in [5.74, 6) is 0.907. The number of thiazole rings is 1. The number of rotatable bonds is 7. The largest absolute Gasteiger partial charge is 0.491 e. The maximum Gasteiger partial charge on any atom is 0.119 e. The fraction of sp³-hybridized carbons (Fsp3) is 0.526. The number of hydrogen-bond donors (Lipinski definition) is 0. The van der Waals surface area contributed by atoms with E-state index in [1.54, 1.807) is 0 Å². The Morgan fingerprint density at radius 3 is 2.54 bits per heavy atom. The van der Waals surface area contributed by atoms with Crippen molar-refractivity contribution in [3.05, 3.63) is 45.9 Å². The topological polar surface area (TPSA) is 34.6 Å². The van der Waals surface area contributed by atoms with E-state index in [-0.39, 0.29) is 0 Å². The molecular formula is C19H26N2O2S. The highest BCUT2D eigenvalue weighted by Crippen LogP contribution is 2.21. The summed E-state index contributed by atoms with van der Waals surface area (Å²) in [6.07, 6.45) is 2.55. The minimum absolute atomic E-state index is 0.361. The van der Waals surface area contributed by atoms with Crippen molar-refractivity contribution in [1.29, 1.82) is 0 Å². The molecule has 0 unspecified atom stereocenters. The number of nitrogens with zero attached hydrogens (tertiary/aromatic N) is 2. The molecule has 1 aromatic heterocycles. The van der Waals surface area contributed by atoms with Crippen molar-refractivity contribution in [3.8, 4) is 5.75 Å². The van der Waals surface area contributed by atoms with Gasteiger partial charge in [-0.3, -0.25) is 4.90 Å². The molecule has 2 heterocycles. The molecule has 0 aliphatic carbocycles. The highest BCUT2D eigenvalue weighted by Gasteiger charge is 2.20. The quantitative estimate of drug-likeness (QED) is 0.714. The molecule has 1 fully saturated rings. The summed E-state index contributed by atoms with van der Waals surface area (Å²) in [5.41, 5.74) is 1.17. The molecule has 4 nitrogen and oxygen atoms in total. The lowest BCUT2D eigenvalue weighted by Crippen LogP contribution is -2.37. The summed E-state index contributed by atoms with van der Waals surface area (Å²) in [4.78, 5) is 8.46. The second kappa shape index (κ2) is 8.60. The van der Waals surface area contributed by atoms with E-state index in [9.17, 15) is 0 Å². The first-order chi connectivity index (χ1) is 11.7. The van der Waals surface area contributed by atoms with Crippen molar-refractivity contribution < 1.29 is 9.47 Å². The molecule has 0 bridgehead atoms. The third kappa shape index (κ3) is 5.03. The van der Waals surface area contributed by atoms with Crippen LogP contribution >= 0.6 is 11.3 Å². The van der Waals surface area contributed by atoms with Gasteiger partial charge in [0.15, 0.2) is 0 Å². The molecule has 1 aliphatic heterocycles. The van der Waals surface area contributed by atoms with Crippen LogP contribution in [0.25, 0.3) is 0 Å². The van der Waals surface area contributed by atoms with Crippen LogP contribution in [-0.4, -0.2) is 42.3 Å². The first-order valence-electron chi connectivity index (χ1n) is 8.65. The molecule has 2 aromatic rings. The predicted molar refractivity (Wildman–Crippen MR) is 97.8 cm³/mol. The van der Waals surface area contributed by atoms with Crippen molar-refractivity contribution in [3.63, 3.8) is 0 Å². The smallest absolute Gasteiger partial charge is 0.119 e. The molecule has 1 aliphatic rings. The van der Waals surface area contributed by atoms with E-state index in [0.717, 1.165) is 38.2 Å². The SMILES string of the molecule is Cc1nc(CN2CCC(OCCOc3ccccc3)CC2)sc1C. The van der Waals surface area contributed by atoms with Crippen molar-refractivity contribution >= 4 is 11.3 Å². The van der Waals surface area contributed by atoms with Gasteiger partial charge in [0.05, 0.1) is 24.9 Å². The fourth-order valence-corrected chi connectivity index (χ4v) is 3.90. The van der Waals surface area contributed by atoms with E-state index in [1.807, 2.05) is 41.7 Å². The zero-order valence-electron chi connectivity index (χ0n) is 14.5. The summed E-state index contributed by atoms with van der Waals surface area (Å²) in [6, 6.07) is 9.90. The van der Waals surface area contributed by atoms with Gasteiger partial charge in [-0.15, -0.1) is 11.3 Å². The molecular weight excluding hydrogens is 320 g/mol. The van der Waals surface area contributed by atoms with Gasteiger partial charge in [-0.05, 0) is 38.8 Å². The summed E-state index contributed by atoms with van der Waals surface area (Å²) < 4.78 is 11.6. The van der Waals surface area contributed by atoms with Crippen LogP contribution in [0.2, 0.25) is 0 Å². The second-order valence-electron chi connectivity index (χ2n) is 6.26. The molecule has 1 aromatic carbocycles. The first-order valence-corrected chi connectivity index (χ1v) is 9.47. The van der Waals surface area contributed by atoms with Crippen LogP contribution in [-0.2, 0) is 11.3 Å². The van der Waals surface area contributed by atoms with Crippen molar-refractivity contribution in [2.24, 2.45) is 0 Å². The summed E-state index contributed by atoms with van der Waals surface area (Å²) in [5, 5.41) is 1.24. The predicted octanol–water partition coefficient (Wildman–Crippen LogP) is 3.82. The normalized spacial score (nSPS) is 16.4. The summed E-state index contributed by atoms with van der Waals surface area (Å²) >= 11 is 1.82. The molecule has 0 saturated carbocycles. The van der Waals surface area contributed by atoms with E-state index in [0.29, 0.717) is 19.3 Å². The van der Waals surface area contributed by atoms with E-state index in [1.165, 1.54) is 15.6 Å². The van der Waals surface area contributed by atoms with E-state index >= 15 is 0 Å². The second-order valence-corrected chi connectivity index (χ2v) is 7.54. The van der Waals surface area contributed by atoms with Crippen molar-refractivity contribution in [2.45, 2.75) is 39.3 Å². The van der Waals surface area contributed by atoms with Gasteiger partial charge in [0.2, 0.25) is 0 Å². The van der Waals surface area contributed by atoms with Gasteiger partial charge in [0.25, 0.3) is 0 Å². The summed E-state index contributed by atoms with van der Waals surface area (Å²) in [7, 11) is 0. The minimum Gasteiger partial charge on any atom is -0.491 e. The van der Waals surface area contributed by atoms with Crippen LogP contribution in [0.15, 0.2) is 30.3 Å². The monoisotopic (exact) mass is 346 g/mol. The zero-order chi connectivity index (χ0) is 16.8. The van der Waals surface area contributed by atoms with Crippen LogP contribution in [0.3, 0.4) is 0 Å². The Morgan fingerprint density at radius 2 is 1.88 bits per heavy atom. The maximum absolute atomic E-state index is 5.96. The Balaban J connectivity index is 1.32. The Hall–Kier alpha value is -1.43. The van der Waals surface area contributed by atoms with Crippen LogP contribution in [0, 0.1) is 13.8 Å². The number of ether oxygens (including phenoxy) is 2. The molecule has 3 rings (SSSR count). The highest BCUT2D eigenvalue weighted by molar-refractivity contribution is 7.11. The first kappa shape index (κ1) is 17.4. The van der Waals surface area contributed by atoms with E-state index in [4.69, 9.17) is 9.47 Å². The van der Waals surface area contributed by atoms with Gasteiger partial charge in [-0.1, -0.05) is 18.2 Å². The van der Waals surface area contributed by atoms with Gasteiger partial charge >= 0.3 is 0 Å². The Kier molecular flexibility index (Phi) is 6.24. The van der Waals surface area contributed by atoms with Crippen molar-refractivity contribution in [2.75, 3.05) is 26.3 Å². The Bertz CT molecular complexity index is 602. The van der Waals surface area contributed by atoms with Gasteiger partial charge in [0.1, 0.15) is 17.4 Å². The molecule has 0 atom stereocenters. The van der Waals surface area contributed by atoms with Gasteiger partial charge in [0, 0.05) is 18.0 Å². The minimum atomic E-state index is 0.361. The number of likely N-dealkylation sites (tertiary alicyclic amines) is 1. The molecule has 1 saturated heterocycles. The number of hydrogen-bond acceptors (Lipinski definition) is 5. The lowest BCUT2D eigenvalue weighted by atomic mass is 10.1. The third-order valence-corrected chi connectivity index (χ3v) is 5.47. The molecule has 0 amide bonds. The van der Waals surface area contributed by atoms with Crippen LogP contribution in [0.4, 0.5) is 0 Å². The number of benzene rings is 1. The molecule has 130 valence electrons. The number of aryl methyl sites for hydroxylation is 2. The highest BCUT2D eigenvalue weighted by atomic mass is 32.1. The van der Waals surface area contributed by atoms with Crippen molar-refractivity contribution in [1.82, 2.24) is 9.88 Å². The maximum atomic E-state index is 5.96. The molecule has 0 radical (unpaired) electrons. The lowest BCUT2D eigenvalue weighted by molar-refractivity contribution is -0.00579. The molecule has 5 heteroatoms. The van der Waals surface area contributed by atoms with Gasteiger partial charge in [-0.2, -0.15) is 0 Å². The molecule has 0 N–H and O–H groups in total. The standard InChI is InChI=1S/C19H26N2O2S/c1-15-16(2)24-19(20-15)14-21-10-8-18(9-11-21)23-13-12-22-17-6-4-3-5-7-17/h3-7,18H,8-14H2,1-2H3. The van der Waals surface area contributed by atoms with E-state index < -0.39 is 0 Å². The average molecular weight is 346 g/mol. The lowest BCUT2D eigenvalue weighted by Gasteiger charge is -2.31. The zero-order valence-corrected chi connectivity index (χ0v) is 15.3. The van der Waals surface area contributed by atoms with E-state index in [2.05, 4.69) is 23.7 Å². The average Bonchev–Trinajstić information content (AvgIpc) is 2.92.